The van der Waals surface area contributed by atoms with Gasteiger partial charge in [0.25, 0.3) is 11.1 Å². The number of thioether (sulfide) groups is 2. The number of carbonyl (C=O) groups is 3. The summed E-state index contributed by atoms with van der Waals surface area (Å²) in [4.78, 5) is 41.4. The number of methoxy groups -OCH3 is 1. The lowest BCUT2D eigenvalue weighted by molar-refractivity contribution is -0.129. The fraction of sp³-hybridized carbons (Fsp3) is 0.320. The number of benzene rings is 2. The third kappa shape index (κ3) is 5.10. The van der Waals surface area contributed by atoms with Crippen molar-refractivity contribution in [1.29, 1.82) is 0 Å². The third-order valence-electron chi connectivity index (χ3n) is 5.52. The monoisotopic (exact) mass is 498 g/mol. The minimum atomic E-state index is -0.353. The minimum Gasteiger partial charge on any atom is -0.493 e. The van der Waals surface area contributed by atoms with Crippen LogP contribution in [0.1, 0.15) is 29.0 Å². The van der Waals surface area contributed by atoms with Crippen molar-refractivity contribution in [2.45, 2.75) is 19.2 Å². The average molecular weight is 499 g/mol. The summed E-state index contributed by atoms with van der Waals surface area (Å²) in [5.41, 5.74) is 2.91. The van der Waals surface area contributed by atoms with E-state index in [1.165, 1.54) is 4.90 Å². The van der Waals surface area contributed by atoms with E-state index in [2.05, 4.69) is 6.07 Å². The largest absolute Gasteiger partial charge is 0.493 e. The zero-order valence-corrected chi connectivity index (χ0v) is 20.9. The molecule has 2 saturated heterocycles. The molecule has 3 amide bonds. The molecule has 2 fully saturated rings. The molecule has 0 aromatic heterocycles. The number of hydrogen-bond acceptors (Lipinski definition) is 7. The molecule has 0 saturated carbocycles. The fourth-order valence-electron chi connectivity index (χ4n) is 3.90. The Morgan fingerprint density at radius 2 is 1.91 bits per heavy atom. The number of aryl methyl sites for hydroxylation is 1. The summed E-state index contributed by atoms with van der Waals surface area (Å²) in [6, 6.07) is 13.4. The molecule has 34 heavy (non-hydrogen) atoms. The Balaban J connectivity index is 1.46. The molecule has 0 bridgehead atoms. The topological polar surface area (TPSA) is 76.2 Å². The van der Waals surface area contributed by atoms with Crippen LogP contribution in [0, 0.1) is 6.92 Å². The van der Waals surface area contributed by atoms with Crippen molar-refractivity contribution in [2.75, 3.05) is 32.6 Å². The lowest BCUT2D eigenvalue weighted by Gasteiger charge is -2.26. The van der Waals surface area contributed by atoms with Crippen LogP contribution in [0.15, 0.2) is 47.4 Å². The molecule has 2 aromatic carbocycles. The van der Waals surface area contributed by atoms with Crippen LogP contribution in [-0.2, 0) is 9.59 Å². The van der Waals surface area contributed by atoms with Crippen LogP contribution in [0.3, 0.4) is 0 Å². The standard InChI is InChI=1S/C25H26N2O5S2/c1-4-32-19-9-8-17(13-20(19)31-3)14-21-23(29)27(25(30)34-21)11-10-26-22(28)15-33-24(26)18-7-5-6-16(2)12-18/h5-9,12-14,24H,4,10-11,15H2,1-3H3/b21-14-. The van der Waals surface area contributed by atoms with E-state index in [-0.39, 0.29) is 29.0 Å². The van der Waals surface area contributed by atoms with Crippen LogP contribution < -0.4 is 9.47 Å². The average Bonchev–Trinajstić information content (AvgIpc) is 3.32. The van der Waals surface area contributed by atoms with Crippen molar-refractivity contribution in [2.24, 2.45) is 0 Å². The molecule has 0 spiro atoms. The summed E-state index contributed by atoms with van der Waals surface area (Å²) in [5.74, 6) is 1.23. The van der Waals surface area contributed by atoms with E-state index in [0.29, 0.717) is 35.3 Å². The van der Waals surface area contributed by atoms with Crippen LogP contribution in [0.2, 0.25) is 0 Å². The Morgan fingerprint density at radius 3 is 2.65 bits per heavy atom. The van der Waals surface area contributed by atoms with Gasteiger partial charge in [-0.1, -0.05) is 35.9 Å². The summed E-state index contributed by atoms with van der Waals surface area (Å²) in [6.07, 6.45) is 1.68. The summed E-state index contributed by atoms with van der Waals surface area (Å²) >= 11 is 2.47. The molecule has 0 N–H and O–H groups in total. The van der Waals surface area contributed by atoms with Crippen molar-refractivity contribution in [3.8, 4) is 11.5 Å². The molecule has 178 valence electrons. The van der Waals surface area contributed by atoms with Gasteiger partial charge < -0.3 is 14.4 Å². The second-order valence-electron chi connectivity index (χ2n) is 7.84. The highest BCUT2D eigenvalue weighted by Crippen LogP contribution is 2.39. The van der Waals surface area contributed by atoms with Gasteiger partial charge in [0.1, 0.15) is 5.37 Å². The number of imide groups is 1. The Hall–Kier alpha value is -2.91. The van der Waals surface area contributed by atoms with E-state index < -0.39 is 0 Å². The molecular formula is C25H26N2O5S2. The molecule has 2 heterocycles. The number of hydrogen-bond donors (Lipinski definition) is 0. The van der Waals surface area contributed by atoms with Gasteiger partial charge in [0, 0.05) is 13.1 Å². The van der Waals surface area contributed by atoms with Crippen LogP contribution >= 0.6 is 23.5 Å². The van der Waals surface area contributed by atoms with Gasteiger partial charge in [-0.15, -0.1) is 11.8 Å². The molecule has 2 aromatic rings. The number of amides is 3. The van der Waals surface area contributed by atoms with Crippen LogP contribution in [-0.4, -0.2) is 59.4 Å². The highest BCUT2D eigenvalue weighted by Gasteiger charge is 2.38. The van der Waals surface area contributed by atoms with Gasteiger partial charge in [0.05, 0.1) is 24.4 Å². The van der Waals surface area contributed by atoms with Gasteiger partial charge in [-0.2, -0.15) is 0 Å². The van der Waals surface area contributed by atoms with E-state index in [1.54, 1.807) is 42.0 Å². The Bertz CT molecular complexity index is 1150. The number of rotatable bonds is 8. The quantitative estimate of drug-likeness (QED) is 0.488. The van der Waals surface area contributed by atoms with Crippen molar-refractivity contribution < 1.29 is 23.9 Å². The normalized spacial score (nSPS) is 19.4. The van der Waals surface area contributed by atoms with E-state index in [0.717, 1.165) is 28.5 Å². The maximum absolute atomic E-state index is 13.0. The second-order valence-corrected chi connectivity index (χ2v) is 9.90. The summed E-state index contributed by atoms with van der Waals surface area (Å²) in [6.45, 7) is 4.87. The van der Waals surface area contributed by atoms with E-state index in [1.807, 2.05) is 38.1 Å². The third-order valence-corrected chi connectivity index (χ3v) is 7.68. The van der Waals surface area contributed by atoms with Crippen molar-refractivity contribution in [1.82, 2.24) is 9.80 Å². The Kier molecular flexibility index (Phi) is 7.53. The second kappa shape index (κ2) is 10.6. The first kappa shape index (κ1) is 24.2. The highest BCUT2D eigenvalue weighted by molar-refractivity contribution is 8.18. The predicted octanol–water partition coefficient (Wildman–Crippen LogP) is 4.71. The zero-order valence-electron chi connectivity index (χ0n) is 19.3. The number of ether oxygens (including phenoxy) is 2. The molecule has 7 nitrogen and oxygen atoms in total. The number of nitrogens with zero attached hydrogens (tertiary/aromatic N) is 2. The minimum absolute atomic E-state index is 0.0144. The van der Waals surface area contributed by atoms with Crippen molar-refractivity contribution >= 4 is 46.7 Å². The first-order chi connectivity index (χ1) is 16.4. The SMILES string of the molecule is CCOc1ccc(/C=C2\SC(=O)N(CCN3C(=O)CSC3c3cccc(C)c3)C2=O)cc1OC. The van der Waals surface area contributed by atoms with Crippen LogP contribution in [0.4, 0.5) is 4.79 Å². The van der Waals surface area contributed by atoms with E-state index in [4.69, 9.17) is 9.47 Å². The molecular weight excluding hydrogens is 472 g/mol. The maximum Gasteiger partial charge on any atom is 0.293 e. The van der Waals surface area contributed by atoms with Gasteiger partial charge in [-0.25, -0.2) is 0 Å². The van der Waals surface area contributed by atoms with Gasteiger partial charge in [0.15, 0.2) is 11.5 Å². The van der Waals surface area contributed by atoms with Crippen molar-refractivity contribution in [3.05, 3.63) is 64.1 Å². The number of carbonyl (C=O) groups excluding carboxylic acids is 3. The smallest absolute Gasteiger partial charge is 0.293 e. The Labute approximate surface area is 207 Å². The summed E-state index contributed by atoms with van der Waals surface area (Å²) < 4.78 is 10.9. The van der Waals surface area contributed by atoms with Gasteiger partial charge >= 0.3 is 0 Å². The molecule has 0 radical (unpaired) electrons. The highest BCUT2D eigenvalue weighted by atomic mass is 32.2. The first-order valence-corrected chi connectivity index (χ1v) is 12.8. The molecule has 1 unspecified atom stereocenters. The fourth-order valence-corrected chi connectivity index (χ4v) is 5.97. The molecule has 1 atom stereocenters. The van der Waals surface area contributed by atoms with Crippen LogP contribution in [0.25, 0.3) is 6.08 Å². The molecule has 0 aliphatic carbocycles. The molecule has 2 aliphatic heterocycles. The summed E-state index contributed by atoms with van der Waals surface area (Å²) in [5, 5.41) is -0.445. The van der Waals surface area contributed by atoms with Crippen molar-refractivity contribution in [3.63, 3.8) is 0 Å². The zero-order chi connectivity index (χ0) is 24.2. The Morgan fingerprint density at radius 1 is 1.09 bits per heavy atom. The van der Waals surface area contributed by atoms with E-state index in [9.17, 15) is 14.4 Å². The molecule has 9 heteroatoms. The van der Waals surface area contributed by atoms with Gasteiger partial charge in [0.2, 0.25) is 5.91 Å². The maximum atomic E-state index is 13.0. The van der Waals surface area contributed by atoms with Crippen LogP contribution in [0.5, 0.6) is 11.5 Å². The van der Waals surface area contributed by atoms with Gasteiger partial charge in [-0.3, -0.25) is 19.3 Å². The van der Waals surface area contributed by atoms with Gasteiger partial charge in [-0.05, 0) is 54.9 Å². The predicted molar refractivity (Wildman–Crippen MR) is 135 cm³/mol. The first-order valence-electron chi connectivity index (χ1n) is 10.9. The molecule has 4 rings (SSSR count). The molecule has 2 aliphatic rings. The summed E-state index contributed by atoms with van der Waals surface area (Å²) in [7, 11) is 1.55. The lowest BCUT2D eigenvalue weighted by Crippen LogP contribution is -2.39. The lowest BCUT2D eigenvalue weighted by atomic mass is 10.1. The van der Waals surface area contributed by atoms with E-state index >= 15 is 0 Å².